The molecule has 4 fully saturated rings. The number of rotatable bonds is 8. The maximum Gasteiger partial charge on any atom is 0.267 e. The van der Waals surface area contributed by atoms with E-state index in [2.05, 4.69) is 9.62 Å². The summed E-state index contributed by atoms with van der Waals surface area (Å²) in [6.07, 6.45) is 6.80. The zero-order chi connectivity index (χ0) is 25.9. The number of carbonyl (C=O) groups is 1. The highest BCUT2D eigenvalue weighted by Gasteiger charge is 2.55. The summed E-state index contributed by atoms with van der Waals surface area (Å²) in [5.41, 5.74) is 2.26. The van der Waals surface area contributed by atoms with Gasteiger partial charge in [-0.05, 0) is 104 Å². The minimum Gasteiger partial charge on any atom is -0.298 e. The van der Waals surface area contributed by atoms with Gasteiger partial charge in [-0.15, -0.1) is 0 Å². The minimum atomic E-state index is -3.75. The van der Waals surface area contributed by atoms with Gasteiger partial charge in [-0.25, -0.2) is 26.3 Å². The van der Waals surface area contributed by atoms with Gasteiger partial charge in [0.1, 0.15) is 17.5 Å². The molecule has 1 N–H and O–H groups in total. The third kappa shape index (κ3) is 5.17. The molecule has 2 aromatic carbocycles. The van der Waals surface area contributed by atoms with Crippen LogP contribution in [0.3, 0.4) is 0 Å². The Balaban J connectivity index is 1.16. The summed E-state index contributed by atoms with van der Waals surface area (Å²) in [7, 11) is -3.75. The average Bonchev–Trinajstić information content (AvgIpc) is 3.69. The number of piperidine rings is 1. The summed E-state index contributed by atoms with van der Waals surface area (Å²) in [5, 5.41) is -0.553. The van der Waals surface area contributed by atoms with E-state index in [0.29, 0.717) is 37.3 Å². The number of sulfonamides is 1. The van der Waals surface area contributed by atoms with E-state index in [9.17, 15) is 22.0 Å². The molecule has 1 heterocycles. The van der Waals surface area contributed by atoms with E-state index in [4.69, 9.17) is 0 Å². The first-order valence-electron chi connectivity index (χ1n) is 13.2. The molecule has 1 amide bonds. The molecule has 37 heavy (non-hydrogen) atoms. The first-order valence-corrected chi connectivity index (χ1v) is 14.7. The summed E-state index contributed by atoms with van der Waals surface area (Å²) in [6.45, 7) is 2.13. The lowest BCUT2D eigenvalue weighted by atomic mass is 9.88. The molecule has 2 aromatic rings. The summed E-state index contributed by atoms with van der Waals surface area (Å²) in [5.74, 6) is -2.02. The molecule has 198 valence electrons. The van der Waals surface area contributed by atoms with Gasteiger partial charge in [-0.3, -0.25) is 9.69 Å². The van der Waals surface area contributed by atoms with Crippen LogP contribution in [0.5, 0.6) is 0 Å². The van der Waals surface area contributed by atoms with E-state index in [1.54, 1.807) is 6.07 Å². The molecular formula is C28H31F3N2O3S. The second-order valence-electron chi connectivity index (χ2n) is 11.5. The first-order chi connectivity index (χ1) is 17.6. The van der Waals surface area contributed by atoms with Crippen LogP contribution in [0.25, 0.3) is 0 Å². The zero-order valence-corrected chi connectivity index (χ0v) is 21.4. The van der Waals surface area contributed by atoms with E-state index in [0.717, 1.165) is 62.4 Å². The monoisotopic (exact) mass is 532 g/mol. The summed E-state index contributed by atoms with van der Waals surface area (Å²) >= 11 is 0. The maximum atomic E-state index is 15.1. The van der Waals surface area contributed by atoms with Crippen molar-refractivity contribution in [3.63, 3.8) is 0 Å². The van der Waals surface area contributed by atoms with Crippen molar-refractivity contribution in [2.24, 2.45) is 11.3 Å². The molecule has 1 aliphatic heterocycles. The lowest BCUT2D eigenvalue weighted by Gasteiger charge is -2.34. The van der Waals surface area contributed by atoms with Crippen molar-refractivity contribution in [2.45, 2.75) is 69.1 Å². The van der Waals surface area contributed by atoms with Crippen LogP contribution in [-0.2, 0) is 23.0 Å². The standard InChI is InChI=1S/C28H31F3N2O3S/c29-21-5-4-18(25(30)12-21)15-33-9-1-8-28(16-33)14-20(28)10-19-11-26(31)24(13-23(19)17-2-3-17)27(34)32-37(35,36)22-6-7-22/h4-5,11-13,17,20,22H,1-3,6-10,14-16H2,(H,32,34)/t20?,28-/m0/s1. The van der Waals surface area contributed by atoms with Gasteiger partial charge < -0.3 is 0 Å². The predicted molar refractivity (Wildman–Crippen MR) is 133 cm³/mol. The molecule has 0 bridgehead atoms. The molecular weight excluding hydrogens is 501 g/mol. The third-order valence-electron chi connectivity index (χ3n) is 8.61. The number of likely N-dealkylation sites (tertiary alicyclic amines) is 1. The number of amides is 1. The van der Waals surface area contributed by atoms with Crippen molar-refractivity contribution in [3.05, 3.63) is 70.0 Å². The Morgan fingerprint density at radius 1 is 1.03 bits per heavy atom. The number of nitrogens with one attached hydrogen (secondary N) is 1. The van der Waals surface area contributed by atoms with Gasteiger partial charge in [-0.1, -0.05) is 6.07 Å². The van der Waals surface area contributed by atoms with Gasteiger partial charge in [0.2, 0.25) is 10.0 Å². The first kappa shape index (κ1) is 24.9. The van der Waals surface area contributed by atoms with Crippen LogP contribution in [0.2, 0.25) is 0 Å². The van der Waals surface area contributed by atoms with Crippen LogP contribution in [-0.4, -0.2) is 37.6 Å². The molecule has 0 radical (unpaired) electrons. The summed E-state index contributed by atoms with van der Waals surface area (Å²) in [4.78, 5) is 14.9. The molecule has 3 saturated carbocycles. The van der Waals surface area contributed by atoms with Crippen molar-refractivity contribution in [2.75, 3.05) is 13.1 Å². The SMILES string of the molecule is O=C(NS(=O)(=O)C1CC1)c1cc(C2CC2)c(CC2C[C@]23CCCN(Cc2ccc(F)cc2F)C3)cc1F. The molecule has 6 rings (SSSR count). The number of carbonyl (C=O) groups excluding carboxylic acids is 1. The van der Waals surface area contributed by atoms with Gasteiger partial charge in [0.25, 0.3) is 5.91 Å². The van der Waals surface area contributed by atoms with Crippen LogP contribution in [0, 0.1) is 28.8 Å². The van der Waals surface area contributed by atoms with Gasteiger partial charge in [-0.2, -0.15) is 0 Å². The highest BCUT2D eigenvalue weighted by molar-refractivity contribution is 7.91. The van der Waals surface area contributed by atoms with Crippen molar-refractivity contribution in [1.82, 2.24) is 9.62 Å². The predicted octanol–water partition coefficient (Wildman–Crippen LogP) is 5.05. The number of benzene rings is 2. The number of hydrogen-bond acceptors (Lipinski definition) is 4. The summed E-state index contributed by atoms with van der Waals surface area (Å²) < 4.78 is 69.0. The average molecular weight is 533 g/mol. The highest BCUT2D eigenvalue weighted by Crippen LogP contribution is 2.60. The molecule has 9 heteroatoms. The highest BCUT2D eigenvalue weighted by atomic mass is 32.2. The third-order valence-corrected chi connectivity index (χ3v) is 10.4. The number of halogens is 3. The van der Waals surface area contributed by atoms with Crippen LogP contribution >= 0.6 is 0 Å². The van der Waals surface area contributed by atoms with E-state index >= 15 is 4.39 Å². The van der Waals surface area contributed by atoms with Gasteiger partial charge in [0, 0.05) is 24.7 Å². The smallest absolute Gasteiger partial charge is 0.267 e. The van der Waals surface area contributed by atoms with E-state index < -0.39 is 38.6 Å². The summed E-state index contributed by atoms with van der Waals surface area (Å²) in [6, 6.07) is 6.73. The molecule has 1 spiro atoms. The molecule has 1 unspecified atom stereocenters. The Bertz CT molecular complexity index is 1360. The van der Waals surface area contributed by atoms with Crippen LogP contribution in [0.15, 0.2) is 30.3 Å². The molecule has 5 nitrogen and oxygen atoms in total. The fourth-order valence-electron chi connectivity index (χ4n) is 6.17. The lowest BCUT2D eigenvalue weighted by molar-refractivity contribution is 0.0977. The van der Waals surface area contributed by atoms with Crippen molar-refractivity contribution < 1.29 is 26.4 Å². The van der Waals surface area contributed by atoms with Crippen molar-refractivity contribution in [3.8, 4) is 0 Å². The normalized spacial score (nSPS) is 25.9. The molecule has 1 saturated heterocycles. The van der Waals surface area contributed by atoms with Gasteiger partial charge in [0.05, 0.1) is 10.8 Å². The van der Waals surface area contributed by atoms with E-state index in [1.807, 2.05) is 0 Å². The quantitative estimate of drug-likeness (QED) is 0.517. The fraction of sp³-hybridized carbons (Fsp3) is 0.536. The van der Waals surface area contributed by atoms with Crippen LogP contribution in [0.1, 0.15) is 77.9 Å². The largest absolute Gasteiger partial charge is 0.298 e. The molecule has 0 aromatic heterocycles. The number of nitrogens with zero attached hydrogens (tertiary/aromatic N) is 1. The fourth-order valence-corrected chi connectivity index (χ4v) is 7.46. The Kier molecular flexibility index (Phi) is 6.14. The lowest BCUT2D eigenvalue weighted by Crippen LogP contribution is -2.37. The van der Waals surface area contributed by atoms with E-state index in [-0.39, 0.29) is 16.9 Å². The Labute approximate surface area is 215 Å². The topological polar surface area (TPSA) is 66.5 Å². The Morgan fingerprint density at radius 2 is 1.81 bits per heavy atom. The van der Waals surface area contributed by atoms with Crippen LogP contribution in [0.4, 0.5) is 13.2 Å². The second-order valence-corrected chi connectivity index (χ2v) is 13.5. The van der Waals surface area contributed by atoms with E-state index in [1.165, 1.54) is 18.2 Å². The maximum absolute atomic E-state index is 15.1. The zero-order valence-electron chi connectivity index (χ0n) is 20.6. The molecule has 2 atom stereocenters. The van der Waals surface area contributed by atoms with Gasteiger partial charge in [0.15, 0.2) is 0 Å². The molecule has 4 aliphatic rings. The second kappa shape index (κ2) is 9.12. The minimum absolute atomic E-state index is 0.112. The molecule has 3 aliphatic carbocycles. The van der Waals surface area contributed by atoms with Crippen molar-refractivity contribution >= 4 is 15.9 Å². The Hall–Kier alpha value is -2.39. The van der Waals surface area contributed by atoms with Crippen LogP contribution < -0.4 is 4.72 Å². The van der Waals surface area contributed by atoms with Gasteiger partial charge >= 0.3 is 0 Å². The van der Waals surface area contributed by atoms with Crippen molar-refractivity contribution in [1.29, 1.82) is 0 Å². The Morgan fingerprint density at radius 3 is 2.51 bits per heavy atom. The number of hydrogen-bond donors (Lipinski definition) is 1.